The van der Waals surface area contributed by atoms with Gasteiger partial charge in [0.2, 0.25) is 0 Å². The average Bonchev–Trinajstić information content (AvgIpc) is 2.88. The Morgan fingerprint density at radius 3 is 2.95 bits per heavy atom. The number of aromatic nitrogens is 3. The van der Waals surface area contributed by atoms with Gasteiger partial charge < -0.3 is 5.32 Å². The maximum absolute atomic E-state index is 13.2. The Morgan fingerprint density at radius 1 is 1.29 bits per heavy atom. The predicted molar refractivity (Wildman–Crippen MR) is 73.4 cm³/mol. The molecule has 2 aromatic heterocycles. The van der Waals surface area contributed by atoms with Gasteiger partial charge >= 0.3 is 0 Å². The molecule has 3 rings (SSSR count). The molecule has 0 bridgehead atoms. The average molecular weight is 287 g/mol. The van der Waals surface area contributed by atoms with Crippen LogP contribution in [0, 0.1) is 15.9 Å². The number of rotatable bonds is 4. The van der Waals surface area contributed by atoms with Crippen molar-refractivity contribution in [2.45, 2.75) is 6.54 Å². The van der Waals surface area contributed by atoms with Crippen LogP contribution in [0.2, 0.25) is 0 Å². The molecule has 0 aliphatic heterocycles. The third kappa shape index (κ3) is 2.50. The number of nitro benzene ring substituents is 1. The zero-order chi connectivity index (χ0) is 14.8. The summed E-state index contributed by atoms with van der Waals surface area (Å²) in [6, 6.07) is 8.71. The topological polar surface area (TPSA) is 85.4 Å². The Bertz CT molecular complexity index is 817. The Labute approximate surface area is 118 Å². The van der Waals surface area contributed by atoms with E-state index in [4.69, 9.17) is 0 Å². The van der Waals surface area contributed by atoms with Crippen molar-refractivity contribution in [1.82, 2.24) is 14.6 Å². The van der Waals surface area contributed by atoms with Crippen LogP contribution in [0.5, 0.6) is 0 Å². The molecule has 0 saturated heterocycles. The summed E-state index contributed by atoms with van der Waals surface area (Å²) >= 11 is 0. The van der Waals surface area contributed by atoms with E-state index in [1.807, 2.05) is 12.1 Å². The van der Waals surface area contributed by atoms with Crippen LogP contribution in [0.4, 0.5) is 15.8 Å². The fourth-order valence-corrected chi connectivity index (χ4v) is 1.99. The molecule has 21 heavy (non-hydrogen) atoms. The monoisotopic (exact) mass is 287 g/mol. The molecule has 106 valence electrons. The van der Waals surface area contributed by atoms with E-state index in [0.29, 0.717) is 11.5 Å². The largest absolute Gasteiger partial charge is 0.372 e. The van der Waals surface area contributed by atoms with Gasteiger partial charge in [-0.05, 0) is 18.2 Å². The number of benzene rings is 1. The van der Waals surface area contributed by atoms with E-state index in [1.165, 1.54) is 0 Å². The van der Waals surface area contributed by atoms with Crippen molar-refractivity contribution in [3.8, 4) is 0 Å². The lowest BCUT2D eigenvalue weighted by molar-refractivity contribution is -0.384. The van der Waals surface area contributed by atoms with E-state index >= 15 is 0 Å². The summed E-state index contributed by atoms with van der Waals surface area (Å²) in [6.07, 6.45) is 1.78. The lowest BCUT2D eigenvalue weighted by Gasteiger charge is -2.06. The molecule has 0 unspecified atom stereocenters. The minimum absolute atomic E-state index is 0.104. The molecule has 1 N–H and O–H groups in total. The van der Waals surface area contributed by atoms with Gasteiger partial charge in [-0.15, -0.1) is 10.2 Å². The molecule has 7 nitrogen and oxygen atoms in total. The first-order chi connectivity index (χ1) is 10.1. The number of hydrogen-bond acceptors (Lipinski definition) is 5. The van der Waals surface area contributed by atoms with Crippen molar-refractivity contribution in [3.05, 3.63) is 64.4 Å². The fourth-order valence-electron chi connectivity index (χ4n) is 1.99. The highest BCUT2D eigenvalue weighted by Crippen LogP contribution is 2.25. The van der Waals surface area contributed by atoms with Gasteiger partial charge in [-0.1, -0.05) is 6.07 Å². The van der Waals surface area contributed by atoms with Crippen LogP contribution >= 0.6 is 0 Å². The third-order valence-corrected chi connectivity index (χ3v) is 2.98. The maximum atomic E-state index is 13.2. The molecule has 0 amide bonds. The number of hydrogen-bond donors (Lipinski definition) is 1. The van der Waals surface area contributed by atoms with E-state index in [0.717, 1.165) is 18.2 Å². The Kier molecular flexibility index (Phi) is 3.19. The normalized spacial score (nSPS) is 10.7. The van der Waals surface area contributed by atoms with Crippen LogP contribution in [0.1, 0.15) is 5.82 Å². The first-order valence-electron chi connectivity index (χ1n) is 6.11. The molecular weight excluding hydrogens is 277 g/mol. The highest BCUT2D eigenvalue weighted by Gasteiger charge is 2.15. The van der Waals surface area contributed by atoms with Gasteiger partial charge in [0.25, 0.3) is 5.69 Å². The van der Waals surface area contributed by atoms with E-state index in [9.17, 15) is 14.5 Å². The number of pyridine rings is 1. The Hall–Kier alpha value is -3.03. The van der Waals surface area contributed by atoms with Gasteiger partial charge in [0, 0.05) is 18.3 Å². The summed E-state index contributed by atoms with van der Waals surface area (Å²) in [5, 5.41) is 21.7. The summed E-state index contributed by atoms with van der Waals surface area (Å²) in [6.45, 7) is 0.190. The van der Waals surface area contributed by atoms with Gasteiger partial charge in [-0.25, -0.2) is 4.39 Å². The van der Waals surface area contributed by atoms with Crippen LogP contribution in [0.25, 0.3) is 5.65 Å². The van der Waals surface area contributed by atoms with Crippen molar-refractivity contribution >= 4 is 17.0 Å². The lowest BCUT2D eigenvalue weighted by atomic mass is 10.2. The quantitative estimate of drug-likeness (QED) is 0.588. The number of nitrogens with one attached hydrogen (secondary N) is 1. The SMILES string of the molecule is O=[N+]([O-])c1ccc(F)cc1NCc1nnc2ccccn12. The highest BCUT2D eigenvalue weighted by molar-refractivity contribution is 5.61. The van der Waals surface area contributed by atoms with Gasteiger partial charge in [0.05, 0.1) is 11.5 Å². The minimum atomic E-state index is -0.566. The van der Waals surface area contributed by atoms with Crippen LogP contribution in [0.15, 0.2) is 42.6 Å². The second kappa shape index (κ2) is 5.16. The molecule has 0 aliphatic carbocycles. The first kappa shape index (κ1) is 13.0. The van der Waals surface area contributed by atoms with E-state index in [2.05, 4.69) is 15.5 Å². The number of fused-ring (bicyclic) bond motifs is 1. The fraction of sp³-hybridized carbons (Fsp3) is 0.0769. The second-order valence-corrected chi connectivity index (χ2v) is 4.32. The Morgan fingerprint density at radius 2 is 2.14 bits per heavy atom. The summed E-state index contributed by atoms with van der Waals surface area (Å²) in [4.78, 5) is 10.4. The van der Waals surface area contributed by atoms with E-state index < -0.39 is 10.7 Å². The van der Waals surface area contributed by atoms with Crippen LogP contribution in [-0.2, 0) is 6.54 Å². The molecule has 0 saturated carbocycles. The molecule has 2 heterocycles. The molecule has 0 aliphatic rings. The number of nitrogens with zero attached hydrogens (tertiary/aromatic N) is 4. The molecule has 0 radical (unpaired) electrons. The molecule has 8 heteroatoms. The van der Waals surface area contributed by atoms with Crippen molar-refractivity contribution in [1.29, 1.82) is 0 Å². The van der Waals surface area contributed by atoms with Crippen molar-refractivity contribution < 1.29 is 9.31 Å². The zero-order valence-electron chi connectivity index (χ0n) is 10.7. The van der Waals surface area contributed by atoms with E-state index in [-0.39, 0.29) is 17.9 Å². The molecule has 0 atom stereocenters. The molecule has 3 aromatic rings. The van der Waals surface area contributed by atoms with Crippen molar-refractivity contribution in [2.75, 3.05) is 5.32 Å². The summed E-state index contributed by atoms with van der Waals surface area (Å²) < 4.78 is 15.0. The highest BCUT2D eigenvalue weighted by atomic mass is 19.1. The van der Waals surface area contributed by atoms with Gasteiger partial charge in [-0.2, -0.15) is 0 Å². The van der Waals surface area contributed by atoms with Gasteiger partial charge in [0.1, 0.15) is 11.5 Å². The maximum Gasteiger partial charge on any atom is 0.292 e. The minimum Gasteiger partial charge on any atom is -0.372 e. The predicted octanol–water partition coefficient (Wildman–Crippen LogP) is 2.39. The van der Waals surface area contributed by atoms with Gasteiger partial charge in [-0.3, -0.25) is 14.5 Å². The molecular formula is C13H10FN5O2. The first-order valence-corrected chi connectivity index (χ1v) is 6.11. The standard InChI is InChI=1S/C13H10FN5O2/c14-9-4-5-11(19(20)21)10(7-9)15-8-13-17-16-12-3-1-2-6-18(12)13/h1-7,15H,8H2. The van der Waals surface area contributed by atoms with Crippen LogP contribution < -0.4 is 5.32 Å². The lowest BCUT2D eigenvalue weighted by Crippen LogP contribution is -2.06. The smallest absolute Gasteiger partial charge is 0.292 e. The number of halogens is 1. The second-order valence-electron chi connectivity index (χ2n) is 4.32. The van der Waals surface area contributed by atoms with Crippen LogP contribution in [0.3, 0.4) is 0 Å². The van der Waals surface area contributed by atoms with Crippen molar-refractivity contribution in [3.63, 3.8) is 0 Å². The third-order valence-electron chi connectivity index (χ3n) is 2.98. The number of nitro groups is 1. The van der Waals surface area contributed by atoms with Gasteiger partial charge in [0.15, 0.2) is 11.5 Å². The summed E-state index contributed by atoms with van der Waals surface area (Å²) in [5.41, 5.74) is 0.584. The van der Waals surface area contributed by atoms with Crippen LogP contribution in [-0.4, -0.2) is 19.5 Å². The molecule has 1 aromatic carbocycles. The summed E-state index contributed by atoms with van der Waals surface area (Å²) in [7, 11) is 0. The number of anilines is 1. The summed E-state index contributed by atoms with van der Waals surface area (Å²) in [5.74, 6) is 0.0263. The molecule has 0 spiro atoms. The molecule has 0 fully saturated rings. The van der Waals surface area contributed by atoms with Crippen molar-refractivity contribution in [2.24, 2.45) is 0 Å². The Balaban J connectivity index is 1.88. The van der Waals surface area contributed by atoms with E-state index in [1.54, 1.807) is 16.7 Å². The zero-order valence-corrected chi connectivity index (χ0v) is 10.7.